The molecule has 136 valence electrons. The lowest BCUT2D eigenvalue weighted by atomic mass is 10.0. The van der Waals surface area contributed by atoms with Gasteiger partial charge >= 0.3 is 17.8 Å². The van der Waals surface area contributed by atoms with Gasteiger partial charge in [-0.15, -0.1) is 5.10 Å². The van der Waals surface area contributed by atoms with E-state index >= 15 is 0 Å². The molecule has 1 fully saturated rings. The van der Waals surface area contributed by atoms with Crippen LogP contribution in [0.15, 0.2) is 24.5 Å². The van der Waals surface area contributed by atoms with Crippen LogP contribution in [0.3, 0.4) is 0 Å². The smallest absolute Gasteiger partial charge is 0.314 e. The van der Waals surface area contributed by atoms with Crippen molar-refractivity contribution in [2.24, 2.45) is 5.92 Å². The fraction of sp³-hybridized carbons (Fsp3) is 0.375. The highest BCUT2D eigenvalue weighted by atomic mass is 16.4. The topological polar surface area (TPSA) is 139 Å². The van der Waals surface area contributed by atoms with Crippen molar-refractivity contribution >= 4 is 23.6 Å². The molecule has 2 amide bonds. The molecule has 1 saturated carbocycles. The number of carboxylic acids is 1. The first-order valence-corrected chi connectivity index (χ1v) is 8.14. The fourth-order valence-corrected chi connectivity index (χ4v) is 2.92. The summed E-state index contributed by atoms with van der Waals surface area (Å²) < 4.78 is 1.44. The molecule has 0 aromatic carbocycles. The Balaban J connectivity index is 1.61. The van der Waals surface area contributed by atoms with Gasteiger partial charge in [0.2, 0.25) is 0 Å². The largest absolute Gasteiger partial charge is 0.481 e. The normalized spacial score (nSPS) is 19.1. The van der Waals surface area contributed by atoms with Gasteiger partial charge in [-0.3, -0.25) is 14.4 Å². The van der Waals surface area contributed by atoms with Crippen LogP contribution in [0, 0.1) is 12.8 Å². The van der Waals surface area contributed by atoms with Crippen LogP contribution < -0.4 is 10.6 Å². The molecule has 0 saturated heterocycles. The third-order valence-electron chi connectivity index (χ3n) is 4.18. The Morgan fingerprint density at radius 2 is 2.04 bits per heavy atom. The molecular formula is C16H18N6O4. The minimum absolute atomic E-state index is 0.183. The molecule has 10 nitrogen and oxygen atoms in total. The van der Waals surface area contributed by atoms with E-state index in [9.17, 15) is 14.4 Å². The van der Waals surface area contributed by atoms with Crippen molar-refractivity contribution in [3.63, 3.8) is 0 Å². The molecule has 0 spiro atoms. The van der Waals surface area contributed by atoms with Gasteiger partial charge in [0.1, 0.15) is 5.82 Å². The number of aliphatic carboxylic acids is 1. The SMILES string of the molecule is Cc1nccc(-n2ccc(NC(=O)C(=O)NC3CCCC3C(=O)O)n2)n1. The molecule has 0 bridgehead atoms. The summed E-state index contributed by atoms with van der Waals surface area (Å²) in [6, 6.07) is 2.65. The number of anilines is 1. The number of hydrogen-bond donors (Lipinski definition) is 3. The number of carbonyl (C=O) groups is 3. The van der Waals surface area contributed by atoms with Gasteiger partial charge in [-0.1, -0.05) is 6.42 Å². The zero-order valence-electron chi connectivity index (χ0n) is 14.0. The molecule has 3 N–H and O–H groups in total. The lowest BCUT2D eigenvalue weighted by Crippen LogP contribution is -2.45. The summed E-state index contributed by atoms with van der Waals surface area (Å²) in [5.74, 6) is -2.12. The maximum absolute atomic E-state index is 12.0. The third kappa shape index (κ3) is 3.85. The van der Waals surface area contributed by atoms with Crippen molar-refractivity contribution in [3.05, 3.63) is 30.4 Å². The van der Waals surface area contributed by atoms with Crippen LogP contribution in [0.1, 0.15) is 25.1 Å². The molecule has 2 atom stereocenters. The van der Waals surface area contributed by atoms with E-state index in [1.807, 2.05) is 0 Å². The molecule has 26 heavy (non-hydrogen) atoms. The molecule has 2 heterocycles. The number of rotatable bonds is 4. The molecular weight excluding hydrogens is 340 g/mol. The number of nitrogens with one attached hydrogen (secondary N) is 2. The predicted octanol–water partition coefficient (Wildman–Crippen LogP) is 0.279. The maximum atomic E-state index is 12.0. The first-order chi connectivity index (χ1) is 12.4. The van der Waals surface area contributed by atoms with Crippen molar-refractivity contribution < 1.29 is 19.5 Å². The summed E-state index contributed by atoms with van der Waals surface area (Å²) in [6.07, 6.45) is 4.91. The van der Waals surface area contributed by atoms with Crippen LogP contribution >= 0.6 is 0 Å². The van der Waals surface area contributed by atoms with Gasteiger partial charge in [-0.2, -0.15) is 0 Å². The molecule has 1 aliphatic carbocycles. The molecule has 2 aromatic rings. The van der Waals surface area contributed by atoms with E-state index in [1.54, 1.807) is 25.4 Å². The summed E-state index contributed by atoms with van der Waals surface area (Å²) >= 11 is 0. The quantitative estimate of drug-likeness (QED) is 0.667. The maximum Gasteiger partial charge on any atom is 0.314 e. The van der Waals surface area contributed by atoms with E-state index in [4.69, 9.17) is 5.11 Å². The highest BCUT2D eigenvalue weighted by molar-refractivity contribution is 6.39. The van der Waals surface area contributed by atoms with Gasteiger partial charge in [0.05, 0.1) is 5.92 Å². The summed E-state index contributed by atoms with van der Waals surface area (Å²) in [5.41, 5.74) is 0. The molecule has 2 unspecified atom stereocenters. The lowest BCUT2D eigenvalue weighted by Gasteiger charge is -2.16. The number of amides is 2. The standard InChI is InChI=1S/C16H18N6O4/c1-9-17-7-5-13(18-9)22-8-6-12(21-22)20-15(24)14(23)19-11-4-2-3-10(11)16(25)26/h5-8,10-11H,2-4H2,1H3,(H,19,23)(H,25,26)(H,20,21,24). The number of hydrogen-bond acceptors (Lipinski definition) is 6. The Kier molecular flexibility index (Phi) is 4.92. The van der Waals surface area contributed by atoms with Crippen LogP contribution in [0.25, 0.3) is 5.82 Å². The Morgan fingerprint density at radius 3 is 2.77 bits per heavy atom. The highest BCUT2D eigenvalue weighted by Crippen LogP contribution is 2.25. The number of carboxylic acid groups (broad SMARTS) is 1. The zero-order chi connectivity index (χ0) is 18.7. The molecule has 0 radical (unpaired) electrons. The molecule has 0 aliphatic heterocycles. The lowest BCUT2D eigenvalue weighted by molar-refractivity contribution is -0.143. The zero-order valence-corrected chi connectivity index (χ0v) is 14.0. The number of aryl methyl sites for hydroxylation is 1. The third-order valence-corrected chi connectivity index (χ3v) is 4.18. The Morgan fingerprint density at radius 1 is 1.23 bits per heavy atom. The van der Waals surface area contributed by atoms with E-state index in [0.717, 1.165) is 0 Å². The number of nitrogens with zero attached hydrogens (tertiary/aromatic N) is 4. The first kappa shape index (κ1) is 17.5. The van der Waals surface area contributed by atoms with Gasteiger partial charge in [0, 0.05) is 30.6 Å². The van der Waals surface area contributed by atoms with Gasteiger partial charge in [0.15, 0.2) is 11.6 Å². The van der Waals surface area contributed by atoms with Gasteiger partial charge < -0.3 is 15.7 Å². The highest BCUT2D eigenvalue weighted by Gasteiger charge is 2.35. The van der Waals surface area contributed by atoms with Crippen LogP contribution in [-0.4, -0.2) is 48.7 Å². The van der Waals surface area contributed by atoms with Crippen molar-refractivity contribution in [1.29, 1.82) is 0 Å². The van der Waals surface area contributed by atoms with Crippen LogP contribution in [-0.2, 0) is 14.4 Å². The van der Waals surface area contributed by atoms with Crippen molar-refractivity contribution in [3.8, 4) is 5.82 Å². The number of carbonyl (C=O) groups excluding carboxylic acids is 2. The Bertz CT molecular complexity index is 849. The van der Waals surface area contributed by atoms with Crippen molar-refractivity contribution in [2.45, 2.75) is 32.2 Å². The monoisotopic (exact) mass is 358 g/mol. The summed E-state index contributed by atoms with van der Waals surface area (Å²) in [5, 5.41) is 18.1. The van der Waals surface area contributed by atoms with Crippen molar-refractivity contribution in [1.82, 2.24) is 25.1 Å². The Labute approximate surface area is 148 Å². The summed E-state index contributed by atoms with van der Waals surface area (Å²) in [7, 11) is 0. The molecule has 3 rings (SSSR count). The second kappa shape index (κ2) is 7.30. The van der Waals surface area contributed by atoms with Gasteiger partial charge in [-0.05, 0) is 19.8 Å². The van der Waals surface area contributed by atoms with E-state index in [-0.39, 0.29) is 5.82 Å². The second-order valence-corrected chi connectivity index (χ2v) is 6.02. The van der Waals surface area contributed by atoms with Crippen LogP contribution in [0.2, 0.25) is 0 Å². The average molecular weight is 358 g/mol. The minimum Gasteiger partial charge on any atom is -0.481 e. The molecule has 1 aliphatic rings. The summed E-state index contributed by atoms with van der Waals surface area (Å²) in [6.45, 7) is 1.74. The van der Waals surface area contributed by atoms with E-state index in [0.29, 0.717) is 30.9 Å². The van der Waals surface area contributed by atoms with E-state index in [1.165, 1.54) is 10.7 Å². The van der Waals surface area contributed by atoms with E-state index < -0.39 is 29.7 Å². The Hall–Kier alpha value is -3.30. The second-order valence-electron chi connectivity index (χ2n) is 6.02. The minimum atomic E-state index is -0.966. The van der Waals surface area contributed by atoms with Crippen molar-refractivity contribution in [2.75, 3.05) is 5.32 Å². The van der Waals surface area contributed by atoms with Gasteiger partial charge in [0.25, 0.3) is 0 Å². The van der Waals surface area contributed by atoms with Gasteiger partial charge in [-0.25, -0.2) is 14.6 Å². The van der Waals surface area contributed by atoms with E-state index in [2.05, 4.69) is 25.7 Å². The predicted molar refractivity (Wildman–Crippen MR) is 89.4 cm³/mol. The number of aromatic nitrogens is 4. The summed E-state index contributed by atoms with van der Waals surface area (Å²) in [4.78, 5) is 43.4. The average Bonchev–Trinajstić information content (AvgIpc) is 3.24. The fourth-order valence-electron chi connectivity index (χ4n) is 2.92. The van der Waals surface area contributed by atoms with Crippen LogP contribution in [0.5, 0.6) is 0 Å². The van der Waals surface area contributed by atoms with Crippen LogP contribution in [0.4, 0.5) is 5.82 Å². The molecule has 2 aromatic heterocycles. The molecule has 10 heteroatoms. The first-order valence-electron chi connectivity index (χ1n) is 8.14.